The minimum atomic E-state index is -0.0791. The fourth-order valence-corrected chi connectivity index (χ4v) is 2.93. The Morgan fingerprint density at radius 2 is 1.85 bits per heavy atom. The molecule has 2 aromatic carbocycles. The summed E-state index contributed by atoms with van der Waals surface area (Å²) >= 11 is 0. The van der Waals surface area contributed by atoms with Crippen molar-refractivity contribution in [3.05, 3.63) is 59.7 Å². The summed E-state index contributed by atoms with van der Waals surface area (Å²) in [6.07, 6.45) is 0. The lowest BCUT2D eigenvalue weighted by Gasteiger charge is -2.13. The highest BCUT2D eigenvalue weighted by atomic mass is 16.5. The van der Waals surface area contributed by atoms with Crippen LogP contribution in [0.4, 0.5) is 0 Å². The second kappa shape index (κ2) is 8.18. The van der Waals surface area contributed by atoms with Crippen molar-refractivity contribution < 1.29 is 9.53 Å². The number of pyridine rings is 1. The Balaban J connectivity index is 2.03. The summed E-state index contributed by atoms with van der Waals surface area (Å²) in [6, 6.07) is 15.6. The second-order valence-electron chi connectivity index (χ2n) is 6.86. The van der Waals surface area contributed by atoms with Crippen LogP contribution in [0, 0.1) is 6.92 Å². The maximum atomic E-state index is 12.9. The molecule has 3 aromatic rings. The molecule has 1 heterocycles. The molecule has 0 atom stereocenters. The number of aryl methyl sites for hydroxylation is 1. The highest BCUT2D eigenvalue weighted by Crippen LogP contribution is 2.27. The van der Waals surface area contributed by atoms with Gasteiger partial charge in [0, 0.05) is 24.0 Å². The number of carbonyl (C=O) groups is 1. The molecule has 5 heteroatoms. The molecule has 0 unspecified atom stereocenters. The Morgan fingerprint density at radius 3 is 2.52 bits per heavy atom. The molecule has 0 saturated carbocycles. The average Bonchev–Trinajstić information content (AvgIpc) is 2.67. The summed E-state index contributed by atoms with van der Waals surface area (Å²) in [4.78, 5) is 19.7. The van der Waals surface area contributed by atoms with E-state index in [1.807, 2.05) is 74.4 Å². The number of rotatable bonds is 6. The van der Waals surface area contributed by atoms with Gasteiger partial charge in [0.25, 0.3) is 5.91 Å². The quantitative estimate of drug-likeness (QED) is 0.728. The lowest BCUT2D eigenvalue weighted by atomic mass is 10.0. The van der Waals surface area contributed by atoms with E-state index in [0.717, 1.165) is 40.0 Å². The SMILES string of the molecule is COc1ccc(-c2cc(C(=O)NCCN(C)C)c3cc(C)ccc3n2)cc1. The number of hydrogen-bond donors (Lipinski definition) is 1. The number of hydrogen-bond acceptors (Lipinski definition) is 4. The third kappa shape index (κ3) is 4.44. The summed E-state index contributed by atoms with van der Waals surface area (Å²) in [6.45, 7) is 3.41. The first-order valence-electron chi connectivity index (χ1n) is 8.96. The Morgan fingerprint density at radius 1 is 1.11 bits per heavy atom. The van der Waals surface area contributed by atoms with Gasteiger partial charge in [-0.2, -0.15) is 0 Å². The van der Waals surface area contributed by atoms with Crippen molar-refractivity contribution in [1.29, 1.82) is 0 Å². The minimum Gasteiger partial charge on any atom is -0.497 e. The molecule has 1 amide bonds. The van der Waals surface area contributed by atoms with Crippen molar-refractivity contribution in [1.82, 2.24) is 15.2 Å². The van der Waals surface area contributed by atoms with Crippen molar-refractivity contribution in [2.24, 2.45) is 0 Å². The summed E-state index contributed by atoms with van der Waals surface area (Å²) in [7, 11) is 5.61. The summed E-state index contributed by atoms with van der Waals surface area (Å²) in [5.74, 6) is 0.710. The fraction of sp³-hybridized carbons (Fsp3) is 0.273. The number of benzene rings is 2. The molecule has 0 aliphatic heterocycles. The Labute approximate surface area is 160 Å². The number of aromatic nitrogens is 1. The summed E-state index contributed by atoms with van der Waals surface area (Å²) in [5.41, 5.74) is 4.27. The number of nitrogens with zero attached hydrogens (tertiary/aromatic N) is 2. The van der Waals surface area contributed by atoms with E-state index in [-0.39, 0.29) is 5.91 Å². The standard InChI is InChI=1S/C22H25N3O2/c1-15-5-10-20-18(13-15)19(22(26)23-11-12-25(2)3)14-21(24-20)16-6-8-17(27-4)9-7-16/h5-10,13-14H,11-12H2,1-4H3,(H,23,26). The number of carbonyl (C=O) groups excluding carboxylic acids is 1. The topological polar surface area (TPSA) is 54.5 Å². The maximum absolute atomic E-state index is 12.9. The highest BCUT2D eigenvalue weighted by molar-refractivity contribution is 6.07. The lowest BCUT2D eigenvalue weighted by Crippen LogP contribution is -2.31. The van der Waals surface area contributed by atoms with Crippen LogP contribution < -0.4 is 10.1 Å². The number of fused-ring (bicyclic) bond motifs is 1. The number of ether oxygens (including phenoxy) is 1. The fourth-order valence-electron chi connectivity index (χ4n) is 2.93. The molecule has 1 aromatic heterocycles. The first-order chi connectivity index (χ1) is 13.0. The van der Waals surface area contributed by atoms with E-state index in [0.29, 0.717) is 12.1 Å². The molecule has 0 spiro atoms. The molecule has 140 valence electrons. The summed E-state index contributed by atoms with van der Waals surface area (Å²) in [5, 5.41) is 3.88. The number of nitrogens with one attached hydrogen (secondary N) is 1. The van der Waals surface area contributed by atoms with Gasteiger partial charge < -0.3 is 15.0 Å². The zero-order chi connectivity index (χ0) is 19.4. The van der Waals surface area contributed by atoms with E-state index < -0.39 is 0 Å². The molecular formula is C22H25N3O2. The molecule has 5 nitrogen and oxygen atoms in total. The number of methoxy groups -OCH3 is 1. The van der Waals surface area contributed by atoms with Gasteiger partial charge in [0.15, 0.2) is 0 Å². The van der Waals surface area contributed by atoms with Crippen LogP contribution >= 0.6 is 0 Å². The van der Waals surface area contributed by atoms with Gasteiger partial charge in [0.1, 0.15) is 5.75 Å². The third-order valence-corrected chi connectivity index (χ3v) is 4.44. The van der Waals surface area contributed by atoms with E-state index in [4.69, 9.17) is 9.72 Å². The van der Waals surface area contributed by atoms with Gasteiger partial charge in [-0.3, -0.25) is 4.79 Å². The van der Waals surface area contributed by atoms with Crippen LogP contribution in [0.2, 0.25) is 0 Å². The average molecular weight is 363 g/mol. The van der Waals surface area contributed by atoms with E-state index in [1.165, 1.54) is 0 Å². The van der Waals surface area contributed by atoms with Crippen LogP contribution in [-0.4, -0.2) is 50.1 Å². The number of likely N-dealkylation sites (N-methyl/N-ethyl adjacent to an activating group) is 1. The first-order valence-corrected chi connectivity index (χ1v) is 8.96. The Kier molecular flexibility index (Phi) is 5.72. The van der Waals surface area contributed by atoms with Crippen molar-refractivity contribution >= 4 is 16.8 Å². The van der Waals surface area contributed by atoms with Crippen LogP contribution in [0.25, 0.3) is 22.2 Å². The first kappa shape index (κ1) is 18.9. The smallest absolute Gasteiger partial charge is 0.252 e. The Hall–Kier alpha value is -2.92. The predicted molar refractivity (Wildman–Crippen MR) is 109 cm³/mol. The van der Waals surface area contributed by atoms with Gasteiger partial charge in [-0.1, -0.05) is 11.6 Å². The van der Waals surface area contributed by atoms with E-state index in [9.17, 15) is 4.79 Å². The minimum absolute atomic E-state index is 0.0791. The zero-order valence-electron chi connectivity index (χ0n) is 16.2. The maximum Gasteiger partial charge on any atom is 0.252 e. The van der Waals surface area contributed by atoms with E-state index in [1.54, 1.807) is 7.11 Å². The van der Waals surface area contributed by atoms with Crippen LogP contribution in [0.1, 0.15) is 15.9 Å². The normalized spacial score (nSPS) is 11.0. The van der Waals surface area contributed by atoms with Crippen molar-refractivity contribution in [2.45, 2.75) is 6.92 Å². The zero-order valence-corrected chi connectivity index (χ0v) is 16.2. The van der Waals surface area contributed by atoms with E-state index >= 15 is 0 Å². The van der Waals surface area contributed by atoms with Gasteiger partial charge in [0.05, 0.1) is 23.9 Å². The van der Waals surface area contributed by atoms with Crippen molar-refractivity contribution in [3.63, 3.8) is 0 Å². The van der Waals surface area contributed by atoms with Crippen molar-refractivity contribution in [3.8, 4) is 17.0 Å². The van der Waals surface area contributed by atoms with Gasteiger partial charge in [-0.05, 0) is 63.5 Å². The summed E-state index contributed by atoms with van der Waals surface area (Å²) < 4.78 is 5.23. The third-order valence-electron chi connectivity index (χ3n) is 4.44. The lowest BCUT2D eigenvalue weighted by molar-refractivity contribution is 0.0952. The molecule has 0 aliphatic rings. The van der Waals surface area contributed by atoms with Crippen LogP contribution in [0.5, 0.6) is 5.75 Å². The van der Waals surface area contributed by atoms with Gasteiger partial charge in [-0.25, -0.2) is 4.98 Å². The van der Waals surface area contributed by atoms with Gasteiger partial charge in [-0.15, -0.1) is 0 Å². The largest absolute Gasteiger partial charge is 0.497 e. The van der Waals surface area contributed by atoms with Gasteiger partial charge in [0.2, 0.25) is 0 Å². The van der Waals surface area contributed by atoms with Crippen LogP contribution in [0.15, 0.2) is 48.5 Å². The van der Waals surface area contributed by atoms with Crippen LogP contribution in [-0.2, 0) is 0 Å². The predicted octanol–water partition coefficient (Wildman–Crippen LogP) is 3.51. The molecule has 3 rings (SSSR count). The number of amides is 1. The monoisotopic (exact) mass is 363 g/mol. The molecule has 0 saturated heterocycles. The van der Waals surface area contributed by atoms with Crippen LogP contribution in [0.3, 0.4) is 0 Å². The molecule has 0 aliphatic carbocycles. The molecule has 27 heavy (non-hydrogen) atoms. The molecule has 0 radical (unpaired) electrons. The van der Waals surface area contributed by atoms with E-state index in [2.05, 4.69) is 5.32 Å². The molecule has 1 N–H and O–H groups in total. The van der Waals surface area contributed by atoms with Crippen molar-refractivity contribution in [2.75, 3.05) is 34.3 Å². The second-order valence-corrected chi connectivity index (χ2v) is 6.86. The van der Waals surface area contributed by atoms with Gasteiger partial charge >= 0.3 is 0 Å². The molecular weight excluding hydrogens is 338 g/mol. The Bertz CT molecular complexity index is 950. The molecule has 0 bridgehead atoms. The highest BCUT2D eigenvalue weighted by Gasteiger charge is 2.14. The molecule has 0 fully saturated rings.